The number of carbonyl (C=O) groups is 1. The maximum Gasteiger partial charge on any atom is 0.331 e. The van der Waals surface area contributed by atoms with Gasteiger partial charge in [-0.2, -0.15) is 8.78 Å². The van der Waals surface area contributed by atoms with Crippen LogP contribution in [0, 0.1) is 0 Å². The van der Waals surface area contributed by atoms with Gasteiger partial charge in [-0.3, -0.25) is 0 Å². The Labute approximate surface area is 68.5 Å². The Kier molecular flexibility index (Phi) is 2.26. The Bertz CT molecular complexity index is 243. The summed E-state index contributed by atoms with van der Waals surface area (Å²) in [6, 6.07) is 0. The van der Waals surface area contributed by atoms with Crippen molar-refractivity contribution in [2.24, 2.45) is 0 Å². The predicted octanol–water partition coefficient (Wildman–Crippen LogP) is 1.68. The van der Waals surface area contributed by atoms with Crippen molar-refractivity contribution >= 4 is 5.97 Å². The molecule has 1 aliphatic rings. The second kappa shape index (κ2) is 3.05. The van der Waals surface area contributed by atoms with Gasteiger partial charge in [0.1, 0.15) is 0 Å². The second-order valence-electron chi connectivity index (χ2n) is 2.39. The number of carbonyl (C=O) groups excluding carboxylic acids is 1. The fourth-order valence-corrected chi connectivity index (χ4v) is 0.859. The summed E-state index contributed by atoms with van der Waals surface area (Å²) in [7, 11) is 0. The van der Waals surface area contributed by atoms with Crippen molar-refractivity contribution < 1.29 is 18.3 Å². The summed E-state index contributed by atoms with van der Waals surface area (Å²) in [6.07, 6.45) is 2.41. The molecular weight excluding hydrogens is 166 g/mol. The van der Waals surface area contributed by atoms with Gasteiger partial charge in [0.25, 0.3) is 0 Å². The molecule has 0 radical (unpaired) electrons. The molecule has 1 unspecified atom stereocenters. The van der Waals surface area contributed by atoms with Crippen molar-refractivity contribution in [2.75, 3.05) is 0 Å². The van der Waals surface area contributed by atoms with Crippen molar-refractivity contribution in [1.29, 1.82) is 0 Å². The Morgan fingerprint density at radius 2 is 2.33 bits per heavy atom. The topological polar surface area (TPSA) is 26.3 Å². The summed E-state index contributed by atoms with van der Waals surface area (Å²) in [5.41, 5.74) is 0. The highest BCUT2D eigenvalue weighted by atomic mass is 19.3. The maximum absolute atomic E-state index is 12.8. The minimum atomic E-state index is -3.08. The summed E-state index contributed by atoms with van der Waals surface area (Å²) in [5, 5.41) is 0. The quantitative estimate of drug-likeness (QED) is 0.446. The van der Waals surface area contributed by atoms with Gasteiger partial charge in [0, 0.05) is 6.08 Å². The van der Waals surface area contributed by atoms with Crippen molar-refractivity contribution in [1.82, 2.24) is 0 Å². The highest BCUT2D eigenvalue weighted by molar-refractivity contribution is 5.83. The first kappa shape index (κ1) is 8.90. The van der Waals surface area contributed by atoms with Gasteiger partial charge >= 0.3 is 11.9 Å². The Morgan fingerprint density at radius 1 is 1.67 bits per heavy atom. The van der Waals surface area contributed by atoms with Crippen LogP contribution in [0.25, 0.3) is 0 Å². The number of alkyl halides is 2. The van der Waals surface area contributed by atoms with Crippen LogP contribution in [-0.4, -0.2) is 18.0 Å². The number of halogens is 2. The van der Waals surface area contributed by atoms with E-state index in [1.807, 2.05) is 0 Å². The lowest BCUT2D eigenvalue weighted by molar-refractivity contribution is -0.157. The number of allylic oxidation sites excluding steroid dienone is 1. The van der Waals surface area contributed by atoms with Crippen LogP contribution in [0.4, 0.5) is 8.78 Å². The average molecular weight is 174 g/mol. The van der Waals surface area contributed by atoms with Crippen LogP contribution < -0.4 is 0 Å². The van der Waals surface area contributed by atoms with Crippen molar-refractivity contribution in [3.8, 4) is 0 Å². The fourth-order valence-electron chi connectivity index (χ4n) is 0.859. The molecule has 0 bridgehead atoms. The van der Waals surface area contributed by atoms with Gasteiger partial charge in [-0.05, 0) is 19.1 Å². The van der Waals surface area contributed by atoms with Crippen LogP contribution in [0.15, 0.2) is 24.3 Å². The first-order chi connectivity index (χ1) is 5.56. The first-order valence-electron chi connectivity index (χ1n) is 3.47. The van der Waals surface area contributed by atoms with E-state index in [0.29, 0.717) is 6.08 Å². The molecule has 0 spiro atoms. The summed E-state index contributed by atoms with van der Waals surface area (Å²) >= 11 is 0. The molecule has 0 aromatic rings. The molecule has 1 heterocycles. The number of ether oxygens (including phenoxy) is 1. The van der Waals surface area contributed by atoms with Crippen molar-refractivity contribution in [3.63, 3.8) is 0 Å². The summed E-state index contributed by atoms with van der Waals surface area (Å²) in [6.45, 7) is 1.59. The number of hydrogen-bond donors (Lipinski definition) is 0. The number of esters is 1. The molecule has 1 rings (SSSR count). The molecule has 0 N–H and O–H groups in total. The molecule has 12 heavy (non-hydrogen) atoms. The lowest BCUT2D eigenvalue weighted by atomic mass is 10.1. The molecule has 2 nitrogen and oxygen atoms in total. The third-order valence-electron chi connectivity index (χ3n) is 1.43. The van der Waals surface area contributed by atoms with E-state index in [2.05, 4.69) is 4.74 Å². The molecule has 1 aliphatic heterocycles. The van der Waals surface area contributed by atoms with Crippen molar-refractivity contribution in [3.05, 3.63) is 24.3 Å². The van der Waals surface area contributed by atoms with Crippen LogP contribution in [0.2, 0.25) is 0 Å². The van der Waals surface area contributed by atoms with E-state index in [9.17, 15) is 13.6 Å². The molecule has 0 saturated heterocycles. The molecule has 0 aliphatic carbocycles. The summed E-state index contributed by atoms with van der Waals surface area (Å²) < 4.78 is 30.0. The third-order valence-corrected chi connectivity index (χ3v) is 1.43. The van der Waals surface area contributed by atoms with E-state index >= 15 is 0 Å². The lowest BCUT2D eigenvalue weighted by Gasteiger charge is -2.24. The highest BCUT2D eigenvalue weighted by Gasteiger charge is 2.40. The zero-order valence-electron chi connectivity index (χ0n) is 6.46. The SMILES string of the molecule is C/C=C/C1OC(=O)C=CC1(F)F. The van der Waals surface area contributed by atoms with Gasteiger partial charge in [0.15, 0.2) is 6.10 Å². The number of rotatable bonds is 1. The zero-order chi connectivity index (χ0) is 9.19. The van der Waals surface area contributed by atoms with Crippen LogP contribution in [0.3, 0.4) is 0 Å². The van der Waals surface area contributed by atoms with Crippen LogP contribution in [-0.2, 0) is 9.53 Å². The molecular formula is C8H8F2O2. The largest absolute Gasteiger partial charge is 0.448 e. The molecule has 4 heteroatoms. The normalized spacial score (nSPS) is 27.6. The van der Waals surface area contributed by atoms with E-state index in [1.54, 1.807) is 6.92 Å². The minimum absolute atomic E-state index is 0.559. The highest BCUT2D eigenvalue weighted by Crippen LogP contribution is 2.27. The molecule has 66 valence electrons. The molecule has 0 aromatic carbocycles. The summed E-state index contributed by atoms with van der Waals surface area (Å²) in [4.78, 5) is 10.6. The van der Waals surface area contributed by atoms with Crippen LogP contribution in [0.5, 0.6) is 0 Å². The third kappa shape index (κ3) is 1.69. The molecule has 0 fully saturated rings. The smallest absolute Gasteiger partial charge is 0.331 e. The van der Waals surface area contributed by atoms with Gasteiger partial charge in [-0.1, -0.05) is 6.08 Å². The number of hydrogen-bond acceptors (Lipinski definition) is 2. The number of cyclic esters (lactones) is 1. The second-order valence-corrected chi connectivity index (χ2v) is 2.39. The van der Waals surface area contributed by atoms with Gasteiger partial charge in [0.2, 0.25) is 0 Å². The van der Waals surface area contributed by atoms with Gasteiger partial charge in [-0.25, -0.2) is 4.79 Å². The Balaban J connectivity index is 2.86. The van der Waals surface area contributed by atoms with E-state index in [1.165, 1.54) is 6.08 Å². The standard InChI is InChI=1S/C8H8F2O2/c1-2-3-6-8(9,10)5-4-7(11)12-6/h2-6H,1H3/b3-2+. The molecule has 0 saturated carbocycles. The summed E-state index contributed by atoms with van der Waals surface area (Å²) in [5.74, 6) is -3.82. The van der Waals surface area contributed by atoms with E-state index in [-0.39, 0.29) is 0 Å². The fraction of sp³-hybridized carbons (Fsp3) is 0.375. The van der Waals surface area contributed by atoms with E-state index < -0.39 is 18.0 Å². The van der Waals surface area contributed by atoms with Crippen molar-refractivity contribution in [2.45, 2.75) is 19.0 Å². The Morgan fingerprint density at radius 3 is 2.92 bits per heavy atom. The Hall–Kier alpha value is -1.19. The van der Waals surface area contributed by atoms with Gasteiger partial charge in [0.05, 0.1) is 0 Å². The average Bonchev–Trinajstić information content (AvgIpc) is 1.98. The molecule has 0 aromatic heterocycles. The van der Waals surface area contributed by atoms with Crippen LogP contribution >= 0.6 is 0 Å². The predicted molar refractivity (Wildman–Crippen MR) is 38.8 cm³/mol. The minimum Gasteiger partial charge on any atom is -0.448 e. The van der Waals surface area contributed by atoms with Crippen LogP contribution in [0.1, 0.15) is 6.92 Å². The molecule has 0 amide bonds. The van der Waals surface area contributed by atoms with E-state index in [0.717, 1.165) is 12.2 Å². The first-order valence-corrected chi connectivity index (χ1v) is 3.47. The maximum atomic E-state index is 12.8. The zero-order valence-corrected chi connectivity index (χ0v) is 6.46. The lowest BCUT2D eigenvalue weighted by Crippen LogP contribution is -2.37. The molecule has 1 atom stereocenters. The van der Waals surface area contributed by atoms with Gasteiger partial charge in [-0.15, -0.1) is 0 Å². The van der Waals surface area contributed by atoms with Gasteiger partial charge < -0.3 is 4.74 Å². The van der Waals surface area contributed by atoms with E-state index in [4.69, 9.17) is 0 Å². The monoisotopic (exact) mass is 174 g/mol.